The van der Waals surface area contributed by atoms with E-state index in [0.29, 0.717) is 69.7 Å². The van der Waals surface area contributed by atoms with Crippen molar-refractivity contribution in [1.29, 1.82) is 0 Å². The molecule has 2 heterocycles. The number of nitrogens with zero attached hydrogens (tertiary/aromatic N) is 3. The lowest BCUT2D eigenvalue weighted by atomic mass is 10.1. The fourth-order valence-corrected chi connectivity index (χ4v) is 4.47. The van der Waals surface area contributed by atoms with Crippen molar-refractivity contribution in [2.24, 2.45) is 0 Å². The summed E-state index contributed by atoms with van der Waals surface area (Å²) in [5.41, 5.74) is 4.40. The maximum Gasteiger partial charge on any atom is 0.224 e. The molecule has 0 fully saturated rings. The van der Waals surface area contributed by atoms with E-state index in [1.165, 1.54) is 6.20 Å². The largest absolute Gasteiger partial charge is 0.492 e. The number of nitrogens with one attached hydrogen (secondary N) is 2. The maximum atomic E-state index is 12.7. The number of carbonyl (C=O) groups is 2. The standard InChI is InChI=1S/C31H34ClN5O4/c1-5-40-29-16-26-23(15-27(29)35-30(39)9-7-13-37(3)4)31(21(18-38)17-34-26)36-25-11-10-22(14-24(25)32)41-19-28-20(2)8-6-12-33-28/h6,8,10-12,14-18H,5,7,9,13,19H2,1-4H3,(H,34,36)(H,35,39). The molecule has 0 saturated heterocycles. The van der Waals surface area contributed by atoms with Gasteiger partial charge in [0.05, 0.1) is 45.5 Å². The summed E-state index contributed by atoms with van der Waals surface area (Å²) in [6.45, 7) is 5.38. The molecule has 0 aliphatic carbocycles. The molecule has 4 rings (SSSR count). The van der Waals surface area contributed by atoms with Crippen molar-refractivity contribution < 1.29 is 19.1 Å². The summed E-state index contributed by atoms with van der Waals surface area (Å²) in [4.78, 5) is 35.6. The highest BCUT2D eigenvalue weighted by Gasteiger charge is 2.17. The molecule has 0 atom stereocenters. The van der Waals surface area contributed by atoms with Gasteiger partial charge in [-0.15, -0.1) is 0 Å². The van der Waals surface area contributed by atoms with E-state index in [0.717, 1.165) is 30.5 Å². The Morgan fingerprint density at radius 2 is 1.93 bits per heavy atom. The Labute approximate surface area is 244 Å². The zero-order chi connectivity index (χ0) is 29.4. The van der Waals surface area contributed by atoms with Crippen LogP contribution in [0, 0.1) is 6.92 Å². The summed E-state index contributed by atoms with van der Waals surface area (Å²) in [6.07, 6.45) is 5.04. The van der Waals surface area contributed by atoms with Crippen LogP contribution in [0.2, 0.25) is 5.02 Å². The van der Waals surface area contributed by atoms with Crippen LogP contribution >= 0.6 is 11.6 Å². The Hall–Kier alpha value is -4.21. The lowest BCUT2D eigenvalue weighted by Gasteiger charge is -2.17. The van der Waals surface area contributed by atoms with Gasteiger partial charge in [-0.25, -0.2) is 0 Å². The highest BCUT2D eigenvalue weighted by molar-refractivity contribution is 6.33. The number of carbonyl (C=O) groups excluding carboxylic acids is 2. The van der Waals surface area contributed by atoms with Gasteiger partial charge in [0.25, 0.3) is 0 Å². The highest BCUT2D eigenvalue weighted by Crippen LogP contribution is 2.38. The Balaban J connectivity index is 1.62. The number of fused-ring (bicyclic) bond motifs is 1. The first-order valence-corrected chi connectivity index (χ1v) is 13.8. The minimum absolute atomic E-state index is 0.124. The summed E-state index contributed by atoms with van der Waals surface area (Å²) in [5.74, 6) is 0.961. The monoisotopic (exact) mass is 575 g/mol. The molecule has 10 heteroatoms. The van der Waals surface area contributed by atoms with Gasteiger partial charge < -0.3 is 25.0 Å². The Bertz CT molecular complexity index is 1540. The van der Waals surface area contributed by atoms with Crippen LogP contribution in [0.15, 0.2) is 54.9 Å². The van der Waals surface area contributed by atoms with E-state index in [2.05, 4.69) is 20.6 Å². The molecule has 4 aromatic rings. The van der Waals surface area contributed by atoms with E-state index >= 15 is 0 Å². The molecule has 2 aromatic heterocycles. The van der Waals surface area contributed by atoms with Crippen LogP contribution in [0.25, 0.3) is 10.9 Å². The zero-order valence-electron chi connectivity index (χ0n) is 23.7. The molecule has 214 valence electrons. The Kier molecular flexibility index (Phi) is 10.1. The molecule has 41 heavy (non-hydrogen) atoms. The lowest BCUT2D eigenvalue weighted by molar-refractivity contribution is -0.116. The molecule has 2 aromatic carbocycles. The molecule has 0 aliphatic rings. The molecule has 0 spiro atoms. The van der Waals surface area contributed by atoms with Gasteiger partial charge in [0.2, 0.25) is 5.91 Å². The van der Waals surface area contributed by atoms with Crippen LogP contribution in [-0.2, 0) is 11.4 Å². The smallest absolute Gasteiger partial charge is 0.224 e. The van der Waals surface area contributed by atoms with Crippen LogP contribution in [-0.4, -0.2) is 54.3 Å². The number of pyridine rings is 2. The number of amides is 1. The molecular weight excluding hydrogens is 542 g/mol. The predicted octanol–water partition coefficient (Wildman–Crippen LogP) is 6.41. The van der Waals surface area contributed by atoms with Crippen LogP contribution in [0.4, 0.5) is 17.1 Å². The fraction of sp³-hybridized carbons (Fsp3) is 0.290. The second-order valence-electron chi connectivity index (χ2n) is 9.78. The number of aromatic nitrogens is 2. The number of aryl methyl sites for hydroxylation is 1. The average molecular weight is 576 g/mol. The van der Waals surface area contributed by atoms with Crippen molar-refractivity contribution >= 4 is 51.8 Å². The first-order valence-electron chi connectivity index (χ1n) is 13.4. The molecular formula is C31H34ClN5O4. The normalized spacial score (nSPS) is 11.0. The van der Waals surface area contributed by atoms with Crippen molar-refractivity contribution in [3.8, 4) is 11.5 Å². The van der Waals surface area contributed by atoms with Crippen molar-refractivity contribution in [2.75, 3.05) is 37.9 Å². The third-order valence-electron chi connectivity index (χ3n) is 6.40. The zero-order valence-corrected chi connectivity index (χ0v) is 24.4. The first-order chi connectivity index (χ1) is 19.8. The predicted molar refractivity (Wildman–Crippen MR) is 163 cm³/mol. The second-order valence-corrected chi connectivity index (χ2v) is 10.2. The van der Waals surface area contributed by atoms with Gasteiger partial charge in [-0.3, -0.25) is 19.6 Å². The van der Waals surface area contributed by atoms with E-state index in [9.17, 15) is 9.59 Å². The van der Waals surface area contributed by atoms with Crippen molar-refractivity contribution in [3.05, 3.63) is 76.7 Å². The molecule has 0 bridgehead atoms. The van der Waals surface area contributed by atoms with E-state index in [-0.39, 0.29) is 5.91 Å². The molecule has 0 radical (unpaired) electrons. The quantitative estimate of drug-likeness (QED) is 0.176. The minimum atomic E-state index is -0.124. The Morgan fingerprint density at radius 3 is 2.63 bits per heavy atom. The number of hydrogen-bond acceptors (Lipinski definition) is 8. The summed E-state index contributed by atoms with van der Waals surface area (Å²) in [5, 5.41) is 7.29. The van der Waals surface area contributed by atoms with E-state index < -0.39 is 0 Å². The number of halogens is 1. The average Bonchev–Trinajstić information content (AvgIpc) is 2.94. The summed E-state index contributed by atoms with van der Waals surface area (Å²) in [7, 11) is 3.94. The lowest BCUT2D eigenvalue weighted by Crippen LogP contribution is -2.17. The van der Waals surface area contributed by atoms with Crippen molar-refractivity contribution in [2.45, 2.75) is 33.3 Å². The molecule has 0 aliphatic heterocycles. The third-order valence-corrected chi connectivity index (χ3v) is 6.72. The van der Waals surface area contributed by atoms with Crippen LogP contribution < -0.4 is 20.1 Å². The van der Waals surface area contributed by atoms with Gasteiger partial charge >= 0.3 is 0 Å². The van der Waals surface area contributed by atoms with Gasteiger partial charge in [0, 0.05) is 36.3 Å². The van der Waals surface area contributed by atoms with Crippen molar-refractivity contribution in [3.63, 3.8) is 0 Å². The van der Waals surface area contributed by atoms with E-state index in [4.69, 9.17) is 21.1 Å². The van der Waals surface area contributed by atoms with Gasteiger partial charge in [0.1, 0.15) is 18.1 Å². The van der Waals surface area contributed by atoms with Crippen LogP contribution in [0.3, 0.4) is 0 Å². The molecule has 2 N–H and O–H groups in total. The topological polar surface area (TPSA) is 106 Å². The molecule has 9 nitrogen and oxygen atoms in total. The summed E-state index contributed by atoms with van der Waals surface area (Å²) < 4.78 is 11.7. The second kappa shape index (κ2) is 13.9. The van der Waals surface area contributed by atoms with Gasteiger partial charge in [-0.2, -0.15) is 0 Å². The van der Waals surface area contributed by atoms with Crippen LogP contribution in [0.5, 0.6) is 11.5 Å². The van der Waals surface area contributed by atoms with Gasteiger partial charge in [-0.05, 0) is 70.7 Å². The van der Waals surface area contributed by atoms with E-state index in [1.807, 2.05) is 45.0 Å². The Morgan fingerprint density at radius 1 is 1.10 bits per heavy atom. The number of benzene rings is 2. The number of rotatable bonds is 13. The number of anilines is 3. The molecule has 0 saturated carbocycles. The van der Waals surface area contributed by atoms with Crippen molar-refractivity contribution in [1.82, 2.24) is 14.9 Å². The summed E-state index contributed by atoms with van der Waals surface area (Å²) in [6, 6.07) is 12.7. The SMILES string of the molecule is CCOc1cc2ncc(C=O)c(Nc3ccc(OCc4ncccc4C)cc3Cl)c2cc1NC(=O)CCCN(C)C. The number of hydrogen-bond donors (Lipinski definition) is 2. The van der Waals surface area contributed by atoms with E-state index in [1.54, 1.807) is 36.5 Å². The maximum absolute atomic E-state index is 12.7. The summed E-state index contributed by atoms with van der Waals surface area (Å²) >= 11 is 6.63. The third kappa shape index (κ3) is 7.71. The fourth-order valence-electron chi connectivity index (χ4n) is 4.25. The number of ether oxygens (including phenoxy) is 2. The highest BCUT2D eigenvalue weighted by atomic mass is 35.5. The minimum Gasteiger partial charge on any atom is -0.492 e. The van der Waals surface area contributed by atoms with Crippen LogP contribution in [0.1, 0.15) is 41.4 Å². The van der Waals surface area contributed by atoms with Gasteiger partial charge in [-0.1, -0.05) is 17.7 Å². The molecule has 1 amide bonds. The first kappa shape index (κ1) is 29.8. The molecule has 0 unspecified atom stereocenters. The van der Waals surface area contributed by atoms with Gasteiger partial charge in [0.15, 0.2) is 6.29 Å². The number of aldehydes is 1.